The smallest absolute Gasteiger partial charge is 0.308 e. The Morgan fingerprint density at radius 2 is 2.05 bits per heavy atom. The van der Waals surface area contributed by atoms with Gasteiger partial charge in [-0.1, -0.05) is 0 Å². The molecule has 0 saturated carbocycles. The van der Waals surface area contributed by atoms with E-state index in [1.165, 1.54) is 23.1 Å². The lowest BCUT2D eigenvalue weighted by Gasteiger charge is -2.04. The van der Waals surface area contributed by atoms with Crippen molar-refractivity contribution in [3.8, 4) is 6.07 Å². The Morgan fingerprint density at radius 1 is 1.33 bits per heavy atom. The first-order valence-electron chi connectivity index (χ1n) is 6.02. The predicted octanol–water partition coefficient (Wildman–Crippen LogP) is 2.51. The second-order valence-corrected chi connectivity index (χ2v) is 6.68. The molecular formula is C13H12N4O2S2. The number of hydrogen-bond donors (Lipinski definition) is 1. The van der Waals surface area contributed by atoms with Crippen LogP contribution in [0.4, 0.5) is 0 Å². The van der Waals surface area contributed by atoms with Crippen LogP contribution in [0.1, 0.15) is 27.4 Å². The van der Waals surface area contributed by atoms with Gasteiger partial charge in [-0.25, -0.2) is 4.98 Å². The van der Waals surface area contributed by atoms with Crippen molar-refractivity contribution in [2.24, 2.45) is 0 Å². The third-order valence-corrected chi connectivity index (χ3v) is 5.10. The molecule has 0 aromatic carbocycles. The minimum absolute atomic E-state index is 0.0478. The van der Waals surface area contributed by atoms with Crippen molar-refractivity contribution in [3.05, 3.63) is 27.4 Å². The standard InChI is InChI=1S/C13H12N4O2S2/c1-6-7(2)16-17-12(9(6)5-14)21-13-15-8(3)10(20-13)4-11(18)19/h4H2,1-3H3,(H,18,19). The molecular weight excluding hydrogens is 308 g/mol. The topological polar surface area (TPSA) is 99.8 Å². The number of rotatable bonds is 4. The number of carbonyl (C=O) groups is 1. The number of thiazole rings is 1. The van der Waals surface area contributed by atoms with Gasteiger partial charge in [0, 0.05) is 4.88 Å². The van der Waals surface area contributed by atoms with Crippen LogP contribution in [-0.2, 0) is 11.2 Å². The molecule has 0 radical (unpaired) electrons. The van der Waals surface area contributed by atoms with Gasteiger partial charge in [0.15, 0.2) is 4.34 Å². The largest absolute Gasteiger partial charge is 0.481 e. The highest BCUT2D eigenvalue weighted by atomic mass is 32.2. The van der Waals surface area contributed by atoms with Gasteiger partial charge < -0.3 is 5.11 Å². The van der Waals surface area contributed by atoms with Crippen LogP contribution in [0.15, 0.2) is 9.37 Å². The van der Waals surface area contributed by atoms with E-state index >= 15 is 0 Å². The molecule has 0 aliphatic heterocycles. The van der Waals surface area contributed by atoms with E-state index in [1.807, 2.05) is 6.92 Å². The van der Waals surface area contributed by atoms with Crippen LogP contribution in [-0.4, -0.2) is 26.3 Å². The van der Waals surface area contributed by atoms with Crippen molar-refractivity contribution >= 4 is 29.1 Å². The Labute approximate surface area is 129 Å². The van der Waals surface area contributed by atoms with Crippen molar-refractivity contribution < 1.29 is 9.90 Å². The highest BCUT2D eigenvalue weighted by molar-refractivity contribution is 8.01. The van der Waals surface area contributed by atoms with Crippen LogP contribution in [0.2, 0.25) is 0 Å². The molecule has 1 N–H and O–H groups in total. The van der Waals surface area contributed by atoms with E-state index in [0.29, 0.717) is 25.5 Å². The number of aromatic nitrogens is 3. The fourth-order valence-corrected chi connectivity index (χ4v) is 3.84. The van der Waals surface area contributed by atoms with Crippen LogP contribution in [0, 0.1) is 32.1 Å². The molecule has 0 aliphatic rings. The average molecular weight is 320 g/mol. The zero-order valence-electron chi connectivity index (χ0n) is 11.7. The summed E-state index contributed by atoms with van der Waals surface area (Å²) in [5.74, 6) is -0.887. The summed E-state index contributed by atoms with van der Waals surface area (Å²) in [5, 5.41) is 26.7. The molecule has 0 unspecified atom stereocenters. The van der Waals surface area contributed by atoms with E-state index in [1.54, 1.807) is 13.8 Å². The number of carboxylic acid groups (broad SMARTS) is 1. The normalized spacial score (nSPS) is 10.4. The summed E-state index contributed by atoms with van der Waals surface area (Å²) in [7, 11) is 0. The Kier molecular flexibility index (Phi) is 4.55. The third kappa shape index (κ3) is 3.37. The van der Waals surface area contributed by atoms with Crippen molar-refractivity contribution in [2.75, 3.05) is 0 Å². The van der Waals surface area contributed by atoms with Gasteiger partial charge in [0.1, 0.15) is 11.1 Å². The lowest BCUT2D eigenvalue weighted by molar-refractivity contribution is -0.136. The maximum Gasteiger partial charge on any atom is 0.308 e. The molecule has 0 saturated heterocycles. The Bertz CT molecular complexity index is 749. The number of nitriles is 1. The molecule has 2 rings (SSSR count). The lowest BCUT2D eigenvalue weighted by atomic mass is 10.1. The van der Waals surface area contributed by atoms with Gasteiger partial charge >= 0.3 is 5.97 Å². The van der Waals surface area contributed by atoms with Crippen LogP contribution >= 0.6 is 23.1 Å². The summed E-state index contributed by atoms with van der Waals surface area (Å²) < 4.78 is 0.665. The lowest BCUT2D eigenvalue weighted by Crippen LogP contribution is -1.99. The molecule has 108 valence electrons. The van der Waals surface area contributed by atoms with E-state index in [-0.39, 0.29) is 6.42 Å². The zero-order chi connectivity index (χ0) is 15.6. The summed E-state index contributed by atoms with van der Waals surface area (Å²) in [6.07, 6.45) is -0.0478. The van der Waals surface area contributed by atoms with E-state index < -0.39 is 5.97 Å². The highest BCUT2D eigenvalue weighted by Gasteiger charge is 2.16. The molecule has 21 heavy (non-hydrogen) atoms. The van der Waals surface area contributed by atoms with Gasteiger partial charge in [0.05, 0.1) is 23.4 Å². The second kappa shape index (κ2) is 6.20. The molecule has 0 fully saturated rings. The zero-order valence-corrected chi connectivity index (χ0v) is 13.3. The minimum atomic E-state index is -0.887. The molecule has 8 heteroatoms. The molecule has 0 atom stereocenters. The van der Waals surface area contributed by atoms with Crippen LogP contribution in [0.5, 0.6) is 0 Å². The number of hydrogen-bond acceptors (Lipinski definition) is 7. The number of aliphatic carboxylic acids is 1. The SMILES string of the molecule is Cc1nc(Sc2nnc(C)c(C)c2C#N)sc1CC(=O)O. The fraction of sp³-hybridized carbons (Fsp3) is 0.308. The Hall–Kier alpha value is -1.98. The Morgan fingerprint density at radius 3 is 2.67 bits per heavy atom. The number of carboxylic acids is 1. The maximum atomic E-state index is 10.8. The molecule has 0 amide bonds. The van der Waals surface area contributed by atoms with E-state index in [0.717, 1.165) is 11.3 Å². The second-order valence-electron chi connectivity index (χ2n) is 4.36. The van der Waals surface area contributed by atoms with Crippen molar-refractivity contribution in [1.82, 2.24) is 15.2 Å². The van der Waals surface area contributed by atoms with E-state index in [2.05, 4.69) is 21.3 Å². The first-order valence-corrected chi connectivity index (χ1v) is 7.65. The molecule has 2 aromatic rings. The molecule has 6 nitrogen and oxygen atoms in total. The molecule has 0 aliphatic carbocycles. The molecule has 2 heterocycles. The summed E-state index contributed by atoms with van der Waals surface area (Å²) in [5.41, 5.74) is 2.70. The highest BCUT2D eigenvalue weighted by Crippen LogP contribution is 2.34. The maximum absolute atomic E-state index is 10.8. The fourth-order valence-electron chi connectivity index (χ4n) is 1.62. The van der Waals surface area contributed by atoms with Crippen LogP contribution in [0.3, 0.4) is 0 Å². The van der Waals surface area contributed by atoms with Gasteiger partial charge in [-0.2, -0.15) is 10.4 Å². The van der Waals surface area contributed by atoms with Crippen molar-refractivity contribution in [2.45, 2.75) is 36.6 Å². The van der Waals surface area contributed by atoms with Gasteiger partial charge in [0.25, 0.3) is 0 Å². The summed E-state index contributed by atoms with van der Waals surface area (Å²) >= 11 is 2.55. The van der Waals surface area contributed by atoms with Gasteiger partial charge in [-0.05, 0) is 38.1 Å². The van der Waals surface area contributed by atoms with Gasteiger partial charge in [0.2, 0.25) is 0 Å². The molecule has 0 spiro atoms. The van der Waals surface area contributed by atoms with Crippen molar-refractivity contribution in [3.63, 3.8) is 0 Å². The molecule has 0 bridgehead atoms. The first kappa shape index (κ1) is 15.4. The summed E-state index contributed by atoms with van der Waals surface area (Å²) in [6, 6.07) is 2.14. The predicted molar refractivity (Wildman–Crippen MR) is 78.5 cm³/mol. The van der Waals surface area contributed by atoms with Crippen molar-refractivity contribution in [1.29, 1.82) is 5.26 Å². The average Bonchev–Trinajstić information content (AvgIpc) is 2.74. The van der Waals surface area contributed by atoms with Crippen LogP contribution in [0.25, 0.3) is 0 Å². The molecule has 2 aromatic heterocycles. The summed E-state index contributed by atoms with van der Waals surface area (Å²) in [6.45, 7) is 5.40. The van der Waals surface area contributed by atoms with E-state index in [4.69, 9.17) is 5.11 Å². The van der Waals surface area contributed by atoms with Gasteiger partial charge in [-0.15, -0.1) is 16.4 Å². The third-order valence-electron chi connectivity index (χ3n) is 2.90. The van der Waals surface area contributed by atoms with Crippen LogP contribution < -0.4 is 0 Å². The van der Waals surface area contributed by atoms with E-state index in [9.17, 15) is 10.1 Å². The quantitative estimate of drug-likeness (QED) is 0.923. The number of aryl methyl sites for hydroxylation is 2. The summed E-state index contributed by atoms with van der Waals surface area (Å²) in [4.78, 5) is 15.8. The monoisotopic (exact) mass is 320 g/mol. The Balaban J connectivity index is 2.33. The minimum Gasteiger partial charge on any atom is -0.481 e. The number of nitrogens with zero attached hydrogens (tertiary/aromatic N) is 4. The first-order chi connectivity index (χ1) is 9.92. The van der Waals surface area contributed by atoms with Gasteiger partial charge in [-0.3, -0.25) is 4.79 Å².